The number of hydrogen-bond acceptors (Lipinski definition) is 4. The van der Waals surface area contributed by atoms with Gasteiger partial charge in [-0.2, -0.15) is 0 Å². The first kappa shape index (κ1) is 17.6. The number of nitrogens with zero attached hydrogens (tertiary/aromatic N) is 1. The molecule has 0 aliphatic rings. The zero-order chi connectivity index (χ0) is 15.5. The van der Waals surface area contributed by atoms with Gasteiger partial charge in [-0.3, -0.25) is 14.6 Å². The Morgan fingerprint density at radius 3 is 2.76 bits per heavy atom. The molecule has 6 heteroatoms. The third kappa shape index (κ3) is 7.22. The third-order valence-corrected chi connectivity index (χ3v) is 3.65. The Hall–Kier alpha value is -1.43. The topological polar surface area (TPSA) is 68.3 Å². The minimum absolute atomic E-state index is 0.117. The summed E-state index contributed by atoms with van der Waals surface area (Å²) in [4.78, 5) is 27.1. The summed E-state index contributed by atoms with van der Waals surface area (Å²) in [6, 6.07) is 1.68. The molecule has 1 rings (SSSR count). The number of carbonyl (C=O) groups is 2. The van der Waals surface area contributed by atoms with Crippen molar-refractivity contribution >= 4 is 27.8 Å². The molecule has 1 aromatic rings. The van der Waals surface area contributed by atoms with Crippen LogP contribution < -0.4 is 5.32 Å². The molecule has 0 aliphatic carbocycles. The van der Waals surface area contributed by atoms with E-state index in [0.29, 0.717) is 16.5 Å². The first-order valence-corrected chi connectivity index (χ1v) is 7.97. The Balaban J connectivity index is 2.17. The van der Waals surface area contributed by atoms with E-state index in [1.54, 1.807) is 12.3 Å². The Labute approximate surface area is 133 Å². The molecule has 21 heavy (non-hydrogen) atoms. The number of amides is 1. The first-order valence-electron chi connectivity index (χ1n) is 7.18. The number of nitrogens with one attached hydrogen (secondary N) is 1. The van der Waals surface area contributed by atoms with Crippen molar-refractivity contribution in [3.05, 3.63) is 28.5 Å². The molecule has 0 aromatic carbocycles. The van der Waals surface area contributed by atoms with Gasteiger partial charge < -0.3 is 10.1 Å². The van der Waals surface area contributed by atoms with Crippen molar-refractivity contribution in [3.63, 3.8) is 0 Å². The van der Waals surface area contributed by atoms with Crippen LogP contribution in [0.25, 0.3) is 0 Å². The van der Waals surface area contributed by atoms with E-state index >= 15 is 0 Å². The lowest BCUT2D eigenvalue weighted by molar-refractivity contribution is -0.144. The molecular formula is C15H21BrN2O3. The Morgan fingerprint density at radius 1 is 1.29 bits per heavy atom. The summed E-state index contributed by atoms with van der Waals surface area (Å²) < 4.78 is 5.62. The zero-order valence-electron chi connectivity index (χ0n) is 12.2. The number of aromatic nitrogens is 1. The van der Waals surface area contributed by atoms with Gasteiger partial charge in [0.25, 0.3) is 5.91 Å². The monoisotopic (exact) mass is 356 g/mol. The highest BCUT2D eigenvalue weighted by atomic mass is 79.9. The van der Waals surface area contributed by atoms with Gasteiger partial charge in [-0.1, -0.05) is 32.6 Å². The second-order valence-corrected chi connectivity index (χ2v) is 5.54. The SMILES string of the molecule is CCCCCCCC(=O)OCNC(=O)c1cnccc1Br. The molecule has 0 fully saturated rings. The molecule has 1 N–H and O–H groups in total. The number of unbranched alkanes of at least 4 members (excludes halogenated alkanes) is 4. The van der Waals surface area contributed by atoms with Crippen molar-refractivity contribution in [1.82, 2.24) is 10.3 Å². The molecule has 116 valence electrons. The fraction of sp³-hybridized carbons (Fsp3) is 0.533. The van der Waals surface area contributed by atoms with E-state index in [4.69, 9.17) is 4.74 Å². The van der Waals surface area contributed by atoms with Crippen LogP contribution in [0.4, 0.5) is 0 Å². The number of ether oxygens (including phenoxy) is 1. The van der Waals surface area contributed by atoms with Crippen LogP contribution in [0.3, 0.4) is 0 Å². The number of esters is 1. The van der Waals surface area contributed by atoms with Crippen LogP contribution in [0.5, 0.6) is 0 Å². The van der Waals surface area contributed by atoms with E-state index in [9.17, 15) is 9.59 Å². The van der Waals surface area contributed by atoms with Crippen LogP contribution in [-0.2, 0) is 9.53 Å². The molecule has 0 radical (unpaired) electrons. The summed E-state index contributed by atoms with van der Waals surface area (Å²) in [5.41, 5.74) is 0.410. The number of hydrogen-bond donors (Lipinski definition) is 1. The second-order valence-electron chi connectivity index (χ2n) is 4.69. The molecule has 0 aliphatic heterocycles. The van der Waals surface area contributed by atoms with Gasteiger partial charge >= 0.3 is 5.97 Å². The van der Waals surface area contributed by atoms with Crippen LogP contribution in [-0.4, -0.2) is 23.6 Å². The van der Waals surface area contributed by atoms with E-state index in [1.807, 2.05) is 0 Å². The van der Waals surface area contributed by atoms with Crippen molar-refractivity contribution in [2.24, 2.45) is 0 Å². The number of halogens is 1. The van der Waals surface area contributed by atoms with Crippen LogP contribution >= 0.6 is 15.9 Å². The van der Waals surface area contributed by atoms with E-state index in [0.717, 1.165) is 19.3 Å². The summed E-state index contributed by atoms with van der Waals surface area (Å²) in [6.07, 6.45) is 8.84. The maximum absolute atomic E-state index is 11.8. The van der Waals surface area contributed by atoms with Crippen molar-refractivity contribution in [1.29, 1.82) is 0 Å². The van der Waals surface area contributed by atoms with Gasteiger partial charge in [0.2, 0.25) is 0 Å². The molecule has 0 unspecified atom stereocenters. The minimum Gasteiger partial charge on any atom is -0.444 e. The van der Waals surface area contributed by atoms with Gasteiger partial charge in [0, 0.05) is 23.3 Å². The van der Waals surface area contributed by atoms with Crippen LogP contribution in [0.2, 0.25) is 0 Å². The largest absolute Gasteiger partial charge is 0.444 e. The molecule has 1 heterocycles. The predicted octanol–water partition coefficient (Wildman–Crippen LogP) is 3.44. The number of pyridine rings is 1. The first-order chi connectivity index (χ1) is 10.1. The van der Waals surface area contributed by atoms with Crippen molar-refractivity contribution in [3.8, 4) is 0 Å². The van der Waals surface area contributed by atoms with E-state index in [2.05, 4.69) is 33.2 Å². The summed E-state index contributed by atoms with van der Waals surface area (Å²) in [7, 11) is 0. The predicted molar refractivity (Wildman–Crippen MR) is 83.7 cm³/mol. The highest BCUT2D eigenvalue weighted by Gasteiger charge is 2.10. The van der Waals surface area contributed by atoms with Crippen molar-refractivity contribution in [2.75, 3.05) is 6.73 Å². The average Bonchev–Trinajstić information content (AvgIpc) is 2.47. The highest BCUT2D eigenvalue weighted by molar-refractivity contribution is 9.10. The van der Waals surface area contributed by atoms with Crippen molar-refractivity contribution in [2.45, 2.75) is 45.4 Å². The maximum Gasteiger partial charge on any atom is 0.307 e. The maximum atomic E-state index is 11.8. The average molecular weight is 357 g/mol. The molecule has 0 saturated heterocycles. The lowest BCUT2D eigenvalue weighted by atomic mass is 10.1. The summed E-state index contributed by atoms with van der Waals surface area (Å²) in [6.45, 7) is 2.03. The lowest BCUT2D eigenvalue weighted by Gasteiger charge is -2.07. The minimum atomic E-state index is -0.328. The number of rotatable bonds is 9. The molecule has 1 aromatic heterocycles. The molecule has 0 saturated carbocycles. The van der Waals surface area contributed by atoms with Gasteiger partial charge in [0.1, 0.15) is 0 Å². The van der Waals surface area contributed by atoms with Gasteiger partial charge in [-0.15, -0.1) is 0 Å². The molecule has 0 atom stereocenters. The van der Waals surface area contributed by atoms with Crippen LogP contribution in [0.1, 0.15) is 55.8 Å². The summed E-state index contributed by atoms with van der Waals surface area (Å²) >= 11 is 3.26. The van der Waals surface area contributed by atoms with Gasteiger partial charge in [-0.05, 0) is 28.4 Å². The number of carbonyl (C=O) groups excluding carboxylic acids is 2. The quantitative estimate of drug-likeness (QED) is 0.418. The highest BCUT2D eigenvalue weighted by Crippen LogP contribution is 2.13. The van der Waals surface area contributed by atoms with E-state index < -0.39 is 0 Å². The molecule has 5 nitrogen and oxygen atoms in total. The zero-order valence-corrected chi connectivity index (χ0v) is 13.8. The molecule has 0 bridgehead atoms. The summed E-state index contributed by atoms with van der Waals surface area (Å²) in [5, 5.41) is 2.53. The second kappa shape index (κ2) is 10.3. The van der Waals surface area contributed by atoms with Gasteiger partial charge in [-0.25, -0.2) is 0 Å². The van der Waals surface area contributed by atoms with Crippen LogP contribution in [0, 0.1) is 0 Å². The standard InChI is InChI=1S/C15H21BrN2O3/c1-2-3-4-5-6-7-14(19)21-11-18-15(20)12-10-17-9-8-13(12)16/h8-10H,2-7,11H2,1H3,(H,18,20). The fourth-order valence-corrected chi connectivity index (χ4v) is 2.17. The molecular weight excluding hydrogens is 336 g/mol. The van der Waals surface area contributed by atoms with Gasteiger partial charge in [0.05, 0.1) is 5.56 Å². The summed E-state index contributed by atoms with van der Waals surface area (Å²) in [5.74, 6) is -0.609. The normalized spacial score (nSPS) is 10.2. The Morgan fingerprint density at radius 2 is 2.05 bits per heavy atom. The van der Waals surface area contributed by atoms with Gasteiger partial charge in [0.15, 0.2) is 6.73 Å². The van der Waals surface area contributed by atoms with Crippen molar-refractivity contribution < 1.29 is 14.3 Å². The van der Waals surface area contributed by atoms with E-state index in [-0.39, 0.29) is 18.6 Å². The molecule has 0 spiro atoms. The third-order valence-electron chi connectivity index (χ3n) is 2.96. The molecule has 1 amide bonds. The lowest BCUT2D eigenvalue weighted by Crippen LogP contribution is -2.28. The Bertz CT molecular complexity index is 466. The van der Waals surface area contributed by atoms with Crippen LogP contribution in [0.15, 0.2) is 22.9 Å². The smallest absolute Gasteiger partial charge is 0.307 e. The van der Waals surface area contributed by atoms with E-state index in [1.165, 1.54) is 19.0 Å². The fourth-order valence-electron chi connectivity index (χ4n) is 1.77. The Kier molecular flexibility index (Phi) is 8.66.